The summed E-state index contributed by atoms with van der Waals surface area (Å²) < 4.78 is 0. The number of nitrogens with zero attached hydrogens (tertiary/aromatic N) is 2. The van der Waals surface area contributed by atoms with Gasteiger partial charge in [-0.05, 0) is 18.2 Å². The van der Waals surface area contributed by atoms with Gasteiger partial charge in [0.05, 0.1) is 16.4 Å². The Hall–Kier alpha value is -1.94. The van der Waals surface area contributed by atoms with Gasteiger partial charge >= 0.3 is 0 Å². The average molecular weight is 332 g/mol. The largest absolute Gasteiger partial charge is 0.325 e. The molecule has 0 fully saturated rings. The van der Waals surface area contributed by atoms with E-state index in [9.17, 15) is 0 Å². The molecular formula is C17H15Cl2N3. The molecule has 0 aliphatic carbocycles. The molecule has 5 heteroatoms. The lowest BCUT2D eigenvalue weighted by Gasteiger charge is -2.08. The van der Waals surface area contributed by atoms with Crippen molar-refractivity contribution in [3.63, 3.8) is 0 Å². The number of hydrogen-bond donors (Lipinski definition) is 1. The van der Waals surface area contributed by atoms with Crippen LogP contribution in [-0.2, 0) is 6.54 Å². The van der Waals surface area contributed by atoms with Crippen LogP contribution in [0.1, 0.15) is 5.69 Å². The van der Waals surface area contributed by atoms with Crippen molar-refractivity contribution in [2.45, 2.75) is 6.54 Å². The first-order chi connectivity index (χ1) is 10.3. The summed E-state index contributed by atoms with van der Waals surface area (Å²) in [5, 5.41) is 0.630. The van der Waals surface area contributed by atoms with Crippen molar-refractivity contribution in [3.8, 4) is 22.6 Å². The maximum atomic E-state index is 6.24. The van der Waals surface area contributed by atoms with Gasteiger partial charge in [0.2, 0.25) is 0 Å². The molecule has 0 radical (unpaired) electrons. The molecule has 3 aromatic rings. The highest BCUT2D eigenvalue weighted by Gasteiger charge is 2.10. The van der Waals surface area contributed by atoms with Gasteiger partial charge in [0, 0.05) is 17.7 Å². The molecule has 1 aromatic heterocycles. The Morgan fingerprint density at radius 1 is 0.909 bits per heavy atom. The lowest BCUT2D eigenvalue weighted by molar-refractivity contribution is 0.972. The van der Waals surface area contributed by atoms with Crippen LogP contribution in [0.25, 0.3) is 22.6 Å². The van der Waals surface area contributed by atoms with Gasteiger partial charge in [-0.2, -0.15) is 0 Å². The molecule has 0 saturated heterocycles. The summed E-state index contributed by atoms with van der Waals surface area (Å²) in [4.78, 5) is 9.12. The Balaban J connectivity index is 0.00000176. The SMILES string of the molecule is Cl.NCc1cc(-c2ccccc2)nc(-c2ccccc2Cl)n1. The Kier molecular flexibility index (Phi) is 5.50. The van der Waals surface area contributed by atoms with Crippen molar-refractivity contribution >= 4 is 24.0 Å². The molecule has 22 heavy (non-hydrogen) atoms. The summed E-state index contributed by atoms with van der Waals surface area (Å²) in [7, 11) is 0. The standard InChI is InChI=1S/C17H14ClN3.ClH/c18-15-9-5-4-8-14(15)17-20-13(11-19)10-16(21-17)12-6-2-1-3-7-12;/h1-10H,11,19H2;1H. The Labute approximate surface area is 140 Å². The molecule has 2 aromatic carbocycles. The molecule has 3 rings (SSSR count). The predicted molar refractivity (Wildman–Crippen MR) is 93.1 cm³/mol. The average Bonchev–Trinajstić information content (AvgIpc) is 2.55. The summed E-state index contributed by atoms with van der Waals surface area (Å²) in [5.74, 6) is 0.599. The number of rotatable bonds is 3. The minimum atomic E-state index is 0. The van der Waals surface area contributed by atoms with Crippen LogP contribution in [0, 0.1) is 0 Å². The number of benzene rings is 2. The smallest absolute Gasteiger partial charge is 0.161 e. The number of nitrogens with two attached hydrogens (primary N) is 1. The predicted octanol–water partition coefficient (Wildman–Crippen LogP) is 4.34. The number of hydrogen-bond acceptors (Lipinski definition) is 3. The first-order valence-corrected chi connectivity index (χ1v) is 7.04. The second-order valence-electron chi connectivity index (χ2n) is 4.62. The zero-order valence-electron chi connectivity index (χ0n) is 11.7. The highest BCUT2D eigenvalue weighted by molar-refractivity contribution is 6.33. The third-order valence-corrected chi connectivity index (χ3v) is 3.50. The summed E-state index contributed by atoms with van der Waals surface area (Å²) in [6.45, 7) is 0.361. The van der Waals surface area contributed by atoms with Gasteiger partial charge < -0.3 is 5.73 Å². The molecule has 2 N–H and O–H groups in total. The minimum Gasteiger partial charge on any atom is -0.325 e. The third kappa shape index (κ3) is 3.45. The monoisotopic (exact) mass is 331 g/mol. The molecular weight excluding hydrogens is 317 g/mol. The van der Waals surface area contributed by atoms with Crippen LogP contribution in [0.3, 0.4) is 0 Å². The topological polar surface area (TPSA) is 51.8 Å². The van der Waals surface area contributed by atoms with Crippen molar-refractivity contribution in [2.75, 3.05) is 0 Å². The van der Waals surface area contributed by atoms with Gasteiger partial charge in [0.15, 0.2) is 5.82 Å². The molecule has 0 aliphatic heterocycles. The molecule has 0 amide bonds. The Morgan fingerprint density at radius 2 is 1.59 bits per heavy atom. The van der Waals surface area contributed by atoms with E-state index in [2.05, 4.69) is 9.97 Å². The molecule has 0 bridgehead atoms. The molecule has 1 heterocycles. The first kappa shape index (κ1) is 16.4. The van der Waals surface area contributed by atoms with Crippen molar-refractivity contribution < 1.29 is 0 Å². The van der Waals surface area contributed by atoms with E-state index >= 15 is 0 Å². The highest BCUT2D eigenvalue weighted by atomic mass is 35.5. The lowest BCUT2D eigenvalue weighted by atomic mass is 10.1. The highest BCUT2D eigenvalue weighted by Crippen LogP contribution is 2.27. The molecule has 112 valence electrons. The molecule has 3 nitrogen and oxygen atoms in total. The summed E-state index contributed by atoms with van der Waals surface area (Å²) in [5.41, 5.74) is 9.24. The Morgan fingerprint density at radius 3 is 2.27 bits per heavy atom. The fraction of sp³-hybridized carbons (Fsp3) is 0.0588. The van der Waals surface area contributed by atoms with E-state index in [4.69, 9.17) is 17.3 Å². The van der Waals surface area contributed by atoms with Crippen molar-refractivity contribution in [2.24, 2.45) is 5.73 Å². The van der Waals surface area contributed by atoms with Gasteiger partial charge in [-0.3, -0.25) is 0 Å². The maximum Gasteiger partial charge on any atom is 0.161 e. The van der Waals surface area contributed by atoms with Crippen LogP contribution < -0.4 is 5.73 Å². The second-order valence-corrected chi connectivity index (χ2v) is 5.03. The van der Waals surface area contributed by atoms with Gasteiger partial charge in [-0.15, -0.1) is 12.4 Å². The summed E-state index contributed by atoms with van der Waals surface area (Å²) >= 11 is 6.24. The number of aromatic nitrogens is 2. The van der Waals surface area contributed by atoms with E-state index in [1.807, 2.05) is 60.7 Å². The number of halogens is 2. The molecule has 0 atom stereocenters. The van der Waals surface area contributed by atoms with Crippen LogP contribution in [0.15, 0.2) is 60.7 Å². The minimum absolute atomic E-state index is 0. The van der Waals surface area contributed by atoms with E-state index in [1.54, 1.807) is 0 Å². The van der Waals surface area contributed by atoms with Crippen LogP contribution in [0.4, 0.5) is 0 Å². The van der Waals surface area contributed by atoms with Gasteiger partial charge in [-0.25, -0.2) is 9.97 Å². The Bertz CT molecular complexity index is 761. The fourth-order valence-electron chi connectivity index (χ4n) is 2.12. The zero-order valence-corrected chi connectivity index (χ0v) is 13.3. The molecule has 0 aliphatic rings. The zero-order chi connectivity index (χ0) is 14.7. The van der Waals surface area contributed by atoms with E-state index in [1.165, 1.54) is 0 Å². The van der Waals surface area contributed by atoms with Crippen LogP contribution >= 0.6 is 24.0 Å². The lowest BCUT2D eigenvalue weighted by Crippen LogP contribution is -2.03. The summed E-state index contributed by atoms with van der Waals surface area (Å²) in [6.07, 6.45) is 0. The fourth-order valence-corrected chi connectivity index (χ4v) is 2.34. The first-order valence-electron chi connectivity index (χ1n) is 6.66. The van der Waals surface area contributed by atoms with Crippen LogP contribution in [0.2, 0.25) is 5.02 Å². The summed E-state index contributed by atoms with van der Waals surface area (Å²) in [6, 6.07) is 19.4. The van der Waals surface area contributed by atoms with E-state index < -0.39 is 0 Å². The van der Waals surface area contributed by atoms with Gasteiger partial charge in [0.1, 0.15) is 0 Å². The van der Waals surface area contributed by atoms with Crippen LogP contribution in [-0.4, -0.2) is 9.97 Å². The van der Waals surface area contributed by atoms with Gasteiger partial charge in [-0.1, -0.05) is 54.1 Å². The van der Waals surface area contributed by atoms with E-state index in [-0.39, 0.29) is 12.4 Å². The second kappa shape index (κ2) is 7.36. The quantitative estimate of drug-likeness (QED) is 0.776. The van der Waals surface area contributed by atoms with Crippen LogP contribution in [0.5, 0.6) is 0 Å². The molecule has 0 spiro atoms. The van der Waals surface area contributed by atoms with Crippen molar-refractivity contribution in [1.82, 2.24) is 9.97 Å². The molecule has 0 saturated carbocycles. The van der Waals surface area contributed by atoms with Crippen molar-refractivity contribution in [1.29, 1.82) is 0 Å². The third-order valence-electron chi connectivity index (χ3n) is 3.17. The van der Waals surface area contributed by atoms with Crippen molar-refractivity contribution in [3.05, 3.63) is 71.4 Å². The van der Waals surface area contributed by atoms with Gasteiger partial charge in [0.25, 0.3) is 0 Å². The normalized spacial score (nSPS) is 10.1. The van der Waals surface area contributed by atoms with E-state index in [0.29, 0.717) is 17.4 Å². The molecule has 0 unspecified atom stereocenters. The maximum absolute atomic E-state index is 6.24. The van der Waals surface area contributed by atoms with E-state index in [0.717, 1.165) is 22.5 Å².